The van der Waals surface area contributed by atoms with Crippen molar-refractivity contribution in [2.24, 2.45) is 5.84 Å². The molecule has 0 unspecified atom stereocenters. The lowest BCUT2D eigenvalue weighted by molar-refractivity contribution is 0.943. The average molecular weight is 289 g/mol. The molecule has 0 aliphatic rings. The van der Waals surface area contributed by atoms with Crippen LogP contribution >= 0.6 is 11.8 Å². The van der Waals surface area contributed by atoms with E-state index in [1.165, 1.54) is 17.3 Å². The number of benzene rings is 1. The van der Waals surface area contributed by atoms with E-state index in [1.807, 2.05) is 24.3 Å². The highest BCUT2D eigenvalue weighted by atomic mass is 32.2. The molecular weight excluding hydrogens is 270 g/mol. The molecule has 2 rings (SSSR count). The van der Waals surface area contributed by atoms with Gasteiger partial charge in [0.05, 0.1) is 0 Å². The average Bonchev–Trinajstić information content (AvgIpc) is 2.53. The number of hydrazine groups is 1. The van der Waals surface area contributed by atoms with Crippen LogP contribution in [0.1, 0.15) is 12.5 Å². The number of nitrogens with one attached hydrogen (secondary N) is 1. The van der Waals surface area contributed by atoms with Crippen LogP contribution < -0.4 is 16.2 Å². The van der Waals surface area contributed by atoms with E-state index in [4.69, 9.17) is 5.84 Å². The Kier molecular flexibility index (Phi) is 4.81. The Morgan fingerprint density at radius 3 is 2.50 bits per heavy atom. The molecule has 0 saturated heterocycles. The second-order valence-electron chi connectivity index (χ2n) is 4.32. The van der Waals surface area contributed by atoms with E-state index in [0.29, 0.717) is 11.0 Å². The molecule has 1 heterocycles. The quantitative estimate of drug-likeness (QED) is 0.382. The first kappa shape index (κ1) is 14.6. The second-order valence-corrected chi connectivity index (χ2v) is 5.09. The summed E-state index contributed by atoms with van der Waals surface area (Å²) >= 11 is 1.49. The van der Waals surface area contributed by atoms with Crippen LogP contribution in [0.25, 0.3) is 0 Å². The van der Waals surface area contributed by atoms with Crippen molar-refractivity contribution in [1.82, 2.24) is 9.97 Å². The summed E-state index contributed by atoms with van der Waals surface area (Å²) in [5.41, 5.74) is 4.97. The fraction of sp³-hybridized carbons (Fsp3) is 0.286. The van der Waals surface area contributed by atoms with E-state index in [2.05, 4.69) is 46.6 Å². The smallest absolute Gasteiger partial charge is 0.191 e. The number of nitrogen functional groups attached to an aromatic ring is 1. The first-order valence-electron chi connectivity index (χ1n) is 6.40. The summed E-state index contributed by atoms with van der Waals surface area (Å²) in [5, 5.41) is 0.687. The first-order valence-corrected chi connectivity index (χ1v) is 7.62. The molecule has 106 valence electrons. The number of anilines is 3. The van der Waals surface area contributed by atoms with Crippen molar-refractivity contribution in [3.63, 3.8) is 0 Å². The summed E-state index contributed by atoms with van der Waals surface area (Å²) in [7, 11) is 1.98. The molecule has 0 atom stereocenters. The Morgan fingerprint density at radius 2 is 1.95 bits per heavy atom. The number of rotatable bonds is 5. The third kappa shape index (κ3) is 3.20. The highest BCUT2D eigenvalue weighted by molar-refractivity contribution is 7.98. The van der Waals surface area contributed by atoms with Gasteiger partial charge in [0.1, 0.15) is 11.6 Å². The van der Waals surface area contributed by atoms with Gasteiger partial charge in [-0.05, 0) is 30.4 Å². The Labute approximate surface area is 123 Å². The number of hydrogen-bond acceptors (Lipinski definition) is 6. The third-order valence-corrected chi connectivity index (χ3v) is 3.65. The predicted octanol–water partition coefficient (Wildman–Crippen LogP) is 2.81. The maximum atomic E-state index is 5.45. The molecular formula is C14H19N5S. The van der Waals surface area contributed by atoms with Crippen molar-refractivity contribution in [3.8, 4) is 0 Å². The molecule has 5 nitrogen and oxygen atoms in total. The highest BCUT2D eigenvalue weighted by Crippen LogP contribution is 2.25. The van der Waals surface area contributed by atoms with Crippen LogP contribution in [-0.2, 0) is 6.42 Å². The van der Waals surface area contributed by atoms with Gasteiger partial charge in [-0.15, -0.1) is 0 Å². The van der Waals surface area contributed by atoms with E-state index in [9.17, 15) is 0 Å². The van der Waals surface area contributed by atoms with Crippen molar-refractivity contribution in [2.45, 2.75) is 18.5 Å². The van der Waals surface area contributed by atoms with Gasteiger partial charge in [0.15, 0.2) is 5.16 Å². The fourth-order valence-electron chi connectivity index (χ4n) is 1.84. The summed E-state index contributed by atoms with van der Waals surface area (Å²) < 4.78 is 0. The topological polar surface area (TPSA) is 67.1 Å². The molecule has 0 radical (unpaired) electrons. The van der Waals surface area contributed by atoms with Gasteiger partial charge >= 0.3 is 0 Å². The van der Waals surface area contributed by atoms with Gasteiger partial charge in [-0.1, -0.05) is 30.8 Å². The monoisotopic (exact) mass is 289 g/mol. The summed E-state index contributed by atoms with van der Waals surface area (Å²) in [6.45, 7) is 2.15. The van der Waals surface area contributed by atoms with E-state index in [1.54, 1.807) is 0 Å². The van der Waals surface area contributed by atoms with E-state index in [-0.39, 0.29) is 0 Å². The highest BCUT2D eigenvalue weighted by Gasteiger charge is 2.09. The third-order valence-electron chi connectivity index (χ3n) is 3.10. The second kappa shape index (κ2) is 6.58. The summed E-state index contributed by atoms with van der Waals surface area (Å²) in [6.07, 6.45) is 2.98. The van der Waals surface area contributed by atoms with Gasteiger partial charge in [0.25, 0.3) is 0 Å². The maximum absolute atomic E-state index is 5.45. The van der Waals surface area contributed by atoms with Crippen molar-refractivity contribution in [2.75, 3.05) is 23.6 Å². The number of aromatic nitrogens is 2. The van der Waals surface area contributed by atoms with Gasteiger partial charge in [0, 0.05) is 18.8 Å². The largest absolute Gasteiger partial charge is 0.329 e. The Hall–Kier alpha value is -1.79. The summed E-state index contributed by atoms with van der Waals surface area (Å²) in [4.78, 5) is 10.8. The minimum Gasteiger partial charge on any atom is -0.329 e. The molecule has 0 bridgehead atoms. The van der Waals surface area contributed by atoms with Gasteiger partial charge in [0.2, 0.25) is 0 Å². The van der Waals surface area contributed by atoms with Gasteiger partial charge in [-0.25, -0.2) is 15.8 Å². The lowest BCUT2D eigenvalue weighted by atomic mass is 10.1. The lowest BCUT2D eigenvalue weighted by Gasteiger charge is -2.19. The van der Waals surface area contributed by atoms with Gasteiger partial charge < -0.3 is 10.3 Å². The molecule has 0 fully saturated rings. The molecule has 0 aliphatic carbocycles. The molecule has 0 amide bonds. The van der Waals surface area contributed by atoms with Crippen molar-refractivity contribution >= 4 is 29.1 Å². The van der Waals surface area contributed by atoms with E-state index < -0.39 is 0 Å². The number of hydrogen-bond donors (Lipinski definition) is 2. The number of thioether (sulfide) groups is 1. The van der Waals surface area contributed by atoms with Crippen molar-refractivity contribution < 1.29 is 0 Å². The minimum atomic E-state index is 0.608. The lowest BCUT2D eigenvalue weighted by Crippen LogP contribution is -2.15. The summed E-state index contributed by atoms with van der Waals surface area (Å²) in [6, 6.07) is 10.3. The van der Waals surface area contributed by atoms with Crippen molar-refractivity contribution in [1.29, 1.82) is 0 Å². The SMILES string of the molecule is CCc1ccc(N(C)c2cc(NN)nc(SC)n2)cc1. The molecule has 1 aromatic carbocycles. The van der Waals surface area contributed by atoms with Crippen LogP contribution in [-0.4, -0.2) is 23.3 Å². The maximum Gasteiger partial charge on any atom is 0.191 e. The van der Waals surface area contributed by atoms with Crippen LogP contribution in [0.5, 0.6) is 0 Å². The van der Waals surface area contributed by atoms with E-state index >= 15 is 0 Å². The zero-order chi connectivity index (χ0) is 14.5. The number of nitrogens with two attached hydrogens (primary N) is 1. The predicted molar refractivity (Wildman–Crippen MR) is 85.5 cm³/mol. The Morgan fingerprint density at radius 1 is 1.25 bits per heavy atom. The van der Waals surface area contributed by atoms with Crippen LogP contribution in [0.15, 0.2) is 35.5 Å². The Bertz CT molecular complexity index is 548. The number of nitrogens with zero attached hydrogens (tertiary/aromatic N) is 3. The summed E-state index contributed by atoms with van der Waals surface area (Å²) in [5.74, 6) is 6.87. The molecule has 1 aromatic heterocycles. The fourth-order valence-corrected chi connectivity index (χ4v) is 2.21. The normalized spacial score (nSPS) is 10.4. The first-order chi connectivity index (χ1) is 9.67. The number of aryl methyl sites for hydroxylation is 1. The molecule has 20 heavy (non-hydrogen) atoms. The van der Waals surface area contributed by atoms with Gasteiger partial charge in [-0.2, -0.15) is 0 Å². The Balaban J connectivity index is 2.33. The molecule has 2 aromatic rings. The molecule has 6 heteroatoms. The van der Waals surface area contributed by atoms with E-state index in [0.717, 1.165) is 17.9 Å². The van der Waals surface area contributed by atoms with Gasteiger partial charge in [-0.3, -0.25) is 0 Å². The molecule has 0 aliphatic heterocycles. The standard InChI is InChI=1S/C14H19N5S/c1-4-10-5-7-11(8-6-10)19(2)13-9-12(18-15)16-14(17-13)20-3/h5-9H,4,15H2,1-3H3,(H,16,17,18). The zero-order valence-corrected chi connectivity index (χ0v) is 12.7. The van der Waals surface area contributed by atoms with Crippen LogP contribution in [0.2, 0.25) is 0 Å². The zero-order valence-electron chi connectivity index (χ0n) is 11.9. The van der Waals surface area contributed by atoms with Crippen molar-refractivity contribution in [3.05, 3.63) is 35.9 Å². The molecule has 0 saturated carbocycles. The minimum absolute atomic E-state index is 0.608. The molecule has 3 N–H and O–H groups in total. The van der Waals surface area contributed by atoms with Crippen LogP contribution in [0, 0.1) is 0 Å². The van der Waals surface area contributed by atoms with Crippen LogP contribution in [0.3, 0.4) is 0 Å². The van der Waals surface area contributed by atoms with Crippen LogP contribution in [0.4, 0.5) is 17.3 Å². The molecule has 0 spiro atoms.